The van der Waals surface area contributed by atoms with Gasteiger partial charge in [-0.1, -0.05) is 12.5 Å². The zero-order valence-electron chi connectivity index (χ0n) is 12.0. The number of aryl methyl sites for hydroxylation is 2. The Kier molecular flexibility index (Phi) is 3.96. The van der Waals surface area contributed by atoms with Crippen molar-refractivity contribution < 1.29 is 0 Å². The first kappa shape index (κ1) is 13.4. The second kappa shape index (κ2) is 5.31. The molecule has 0 aliphatic heterocycles. The molecule has 0 spiro atoms. The van der Waals surface area contributed by atoms with Crippen molar-refractivity contribution in [2.45, 2.75) is 39.5 Å². The maximum Gasteiger partial charge on any atom is 0.0368 e. The highest BCUT2D eigenvalue weighted by Crippen LogP contribution is 2.43. The Morgan fingerprint density at radius 2 is 1.78 bits per heavy atom. The van der Waals surface area contributed by atoms with Crippen LogP contribution in [-0.2, 0) is 0 Å². The fourth-order valence-electron chi connectivity index (χ4n) is 2.94. The molecule has 0 atom stereocenters. The van der Waals surface area contributed by atoms with Crippen molar-refractivity contribution >= 4 is 5.69 Å². The molecule has 1 aliphatic carbocycles. The van der Waals surface area contributed by atoms with E-state index in [4.69, 9.17) is 5.73 Å². The van der Waals surface area contributed by atoms with E-state index in [2.05, 4.69) is 44.0 Å². The lowest BCUT2D eigenvalue weighted by Crippen LogP contribution is -2.40. The molecule has 0 bridgehead atoms. The highest BCUT2D eigenvalue weighted by molar-refractivity contribution is 5.50. The van der Waals surface area contributed by atoms with Crippen molar-refractivity contribution in [2.24, 2.45) is 11.1 Å². The molecule has 100 valence electrons. The number of nitrogens with zero attached hydrogens (tertiary/aromatic N) is 1. The topological polar surface area (TPSA) is 29.3 Å². The van der Waals surface area contributed by atoms with E-state index in [1.165, 1.54) is 42.5 Å². The second-order valence-electron chi connectivity index (χ2n) is 6.08. The largest absolute Gasteiger partial charge is 0.375 e. The van der Waals surface area contributed by atoms with E-state index in [1.807, 2.05) is 0 Å². The van der Waals surface area contributed by atoms with Crippen LogP contribution in [0.4, 0.5) is 5.69 Å². The summed E-state index contributed by atoms with van der Waals surface area (Å²) in [6, 6.07) is 6.76. The van der Waals surface area contributed by atoms with Gasteiger partial charge in [0.1, 0.15) is 0 Å². The van der Waals surface area contributed by atoms with E-state index in [0.29, 0.717) is 5.41 Å². The fourth-order valence-corrected chi connectivity index (χ4v) is 2.94. The van der Waals surface area contributed by atoms with Crippen molar-refractivity contribution in [2.75, 3.05) is 25.0 Å². The Labute approximate surface area is 111 Å². The maximum atomic E-state index is 5.92. The number of rotatable bonds is 5. The van der Waals surface area contributed by atoms with Crippen molar-refractivity contribution in [1.82, 2.24) is 0 Å². The summed E-state index contributed by atoms with van der Waals surface area (Å²) in [5.41, 5.74) is 10.4. The summed E-state index contributed by atoms with van der Waals surface area (Å²) in [5.74, 6) is 0. The van der Waals surface area contributed by atoms with Gasteiger partial charge in [0.25, 0.3) is 0 Å². The quantitative estimate of drug-likeness (QED) is 0.864. The van der Waals surface area contributed by atoms with Crippen molar-refractivity contribution in [3.63, 3.8) is 0 Å². The third-order valence-corrected chi connectivity index (χ3v) is 4.47. The van der Waals surface area contributed by atoms with Crippen LogP contribution in [0.2, 0.25) is 0 Å². The van der Waals surface area contributed by atoms with Crippen LogP contribution in [0.1, 0.15) is 36.8 Å². The molecular formula is C16H26N2. The molecule has 1 saturated carbocycles. The van der Waals surface area contributed by atoms with Gasteiger partial charge in [-0.15, -0.1) is 0 Å². The number of benzene rings is 1. The van der Waals surface area contributed by atoms with Crippen molar-refractivity contribution in [3.8, 4) is 0 Å². The first-order valence-corrected chi connectivity index (χ1v) is 7.04. The molecule has 2 heteroatoms. The highest BCUT2D eigenvalue weighted by Gasteiger charge is 2.35. The minimum atomic E-state index is 0.452. The van der Waals surface area contributed by atoms with Crippen LogP contribution < -0.4 is 10.6 Å². The average Bonchev–Trinajstić information content (AvgIpc) is 2.26. The minimum Gasteiger partial charge on any atom is -0.375 e. The molecule has 2 rings (SSSR count). The Bertz CT molecular complexity index is 382. The summed E-state index contributed by atoms with van der Waals surface area (Å²) in [5, 5.41) is 0. The summed E-state index contributed by atoms with van der Waals surface area (Å²) < 4.78 is 0. The number of anilines is 1. The van der Waals surface area contributed by atoms with Gasteiger partial charge in [0.15, 0.2) is 0 Å². The van der Waals surface area contributed by atoms with Gasteiger partial charge in [-0.3, -0.25) is 0 Å². The van der Waals surface area contributed by atoms with E-state index < -0.39 is 0 Å². The lowest BCUT2D eigenvalue weighted by Gasteiger charge is -2.42. The van der Waals surface area contributed by atoms with Gasteiger partial charge in [-0.2, -0.15) is 0 Å². The summed E-state index contributed by atoms with van der Waals surface area (Å²) in [6.07, 6.45) is 5.24. The molecular weight excluding hydrogens is 220 g/mol. The molecule has 0 unspecified atom stereocenters. The van der Waals surface area contributed by atoms with Crippen molar-refractivity contribution in [3.05, 3.63) is 29.3 Å². The monoisotopic (exact) mass is 246 g/mol. The van der Waals surface area contributed by atoms with Gasteiger partial charge in [-0.05, 0) is 68.3 Å². The van der Waals surface area contributed by atoms with Crippen LogP contribution in [-0.4, -0.2) is 20.1 Å². The predicted molar refractivity (Wildman–Crippen MR) is 79.1 cm³/mol. The predicted octanol–water partition coefficient (Wildman–Crippen LogP) is 3.26. The van der Waals surface area contributed by atoms with Crippen LogP contribution in [0.15, 0.2) is 18.2 Å². The number of hydrogen-bond acceptors (Lipinski definition) is 2. The number of nitrogens with two attached hydrogens (primary N) is 1. The lowest BCUT2D eigenvalue weighted by molar-refractivity contribution is 0.134. The third kappa shape index (κ3) is 2.86. The summed E-state index contributed by atoms with van der Waals surface area (Å²) in [4.78, 5) is 2.37. The van der Waals surface area contributed by atoms with E-state index in [9.17, 15) is 0 Å². The molecule has 2 N–H and O–H groups in total. The van der Waals surface area contributed by atoms with Gasteiger partial charge in [0, 0.05) is 19.3 Å². The maximum absolute atomic E-state index is 5.92. The zero-order chi connectivity index (χ0) is 13.2. The average molecular weight is 246 g/mol. The first-order chi connectivity index (χ1) is 8.54. The molecule has 0 heterocycles. The molecule has 1 aromatic carbocycles. The Morgan fingerprint density at radius 1 is 1.17 bits per heavy atom. The Balaban J connectivity index is 1.96. The van der Waals surface area contributed by atoms with Gasteiger partial charge >= 0.3 is 0 Å². The Morgan fingerprint density at radius 3 is 2.22 bits per heavy atom. The van der Waals surface area contributed by atoms with Gasteiger partial charge in [0.2, 0.25) is 0 Å². The minimum absolute atomic E-state index is 0.452. The normalized spacial score (nSPS) is 17.3. The second-order valence-corrected chi connectivity index (χ2v) is 6.08. The summed E-state index contributed by atoms with van der Waals surface area (Å²) in [7, 11) is 2.19. The molecule has 1 aliphatic rings. The van der Waals surface area contributed by atoms with Gasteiger partial charge in [0.05, 0.1) is 0 Å². The fraction of sp³-hybridized carbons (Fsp3) is 0.625. The van der Waals surface area contributed by atoms with E-state index in [0.717, 1.165) is 13.1 Å². The molecule has 0 amide bonds. The van der Waals surface area contributed by atoms with E-state index >= 15 is 0 Å². The smallest absolute Gasteiger partial charge is 0.0368 e. The molecule has 18 heavy (non-hydrogen) atoms. The van der Waals surface area contributed by atoms with Crippen LogP contribution in [0.5, 0.6) is 0 Å². The third-order valence-electron chi connectivity index (χ3n) is 4.47. The Hall–Kier alpha value is -1.02. The SMILES string of the molecule is Cc1cc(C)cc(N(C)CCC2(CN)CCC2)c1. The van der Waals surface area contributed by atoms with E-state index in [1.54, 1.807) is 0 Å². The summed E-state index contributed by atoms with van der Waals surface area (Å²) >= 11 is 0. The molecule has 2 nitrogen and oxygen atoms in total. The van der Waals surface area contributed by atoms with Gasteiger partial charge < -0.3 is 10.6 Å². The van der Waals surface area contributed by atoms with Crippen LogP contribution in [0.3, 0.4) is 0 Å². The number of hydrogen-bond donors (Lipinski definition) is 1. The van der Waals surface area contributed by atoms with Crippen LogP contribution in [0.25, 0.3) is 0 Å². The standard InChI is InChI=1S/C16H26N2/c1-13-9-14(2)11-15(10-13)18(3)8-7-16(12-17)5-4-6-16/h9-11H,4-8,12,17H2,1-3H3. The molecule has 0 saturated heterocycles. The van der Waals surface area contributed by atoms with Crippen molar-refractivity contribution in [1.29, 1.82) is 0 Å². The summed E-state index contributed by atoms with van der Waals surface area (Å²) in [6.45, 7) is 6.29. The lowest BCUT2D eigenvalue weighted by atomic mass is 9.66. The van der Waals surface area contributed by atoms with Crippen LogP contribution >= 0.6 is 0 Å². The molecule has 0 aromatic heterocycles. The molecule has 1 fully saturated rings. The van der Waals surface area contributed by atoms with Gasteiger partial charge in [-0.25, -0.2) is 0 Å². The van der Waals surface area contributed by atoms with E-state index in [-0.39, 0.29) is 0 Å². The zero-order valence-corrected chi connectivity index (χ0v) is 12.0. The molecule has 1 aromatic rings. The molecule has 0 radical (unpaired) electrons. The highest BCUT2D eigenvalue weighted by atomic mass is 15.1. The first-order valence-electron chi connectivity index (χ1n) is 7.04. The van der Waals surface area contributed by atoms with Crippen LogP contribution in [0, 0.1) is 19.3 Å².